The summed E-state index contributed by atoms with van der Waals surface area (Å²) in [5.74, 6) is 1.57. The first kappa shape index (κ1) is 27.6. The van der Waals surface area contributed by atoms with Crippen molar-refractivity contribution in [3.8, 4) is 57.0 Å². The first-order chi connectivity index (χ1) is 23.2. The minimum atomic E-state index is 0.471. The molecule has 0 aliphatic heterocycles. The highest BCUT2D eigenvalue weighted by atomic mass is 15.1. The van der Waals surface area contributed by atoms with Gasteiger partial charge in [0.1, 0.15) is 0 Å². The maximum absolute atomic E-state index is 9.99. The molecular weight excluding hydrogens is 576 g/mol. The summed E-state index contributed by atoms with van der Waals surface area (Å²) in [6.45, 7) is 7.70. The Morgan fingerprint density at radius 3 is 1.85 bits per heavy atom. The van der Waals surface area contributed by atoms with E-state index in [2.05, 4.69) is 45.8 Å². The quantitative estimate of drug-likeness (QED) is 0.184. The van der Waals surface area contributed by atoms with E-state index in [1.807, 2.05) is 115 Å². The standard InChI is InChI=1S/C41H24N6/c1-43-35-18-10-8-16-31(35)30-21-23-37-33(25-30)32-17-9-11-19-36(32)47(37)38-22-20-27(26-42)24-34(38)41-45-39(28-12-4-2-5-13-28)44-40(46-41)29-14-6-3-7-15-29/h2-25H. The Balaban J connectivity index is 1.41. The van der Waals surface area contributed by atoms with Crippen LogP contribution < -0.4 is 0 Å². The van der Waals surface area contributed by atoms with E-state index in [1.54, 1.807) is 0 Å². The second kappa shape index (κ2) is 11.6. The Morgan fingerprint density at radius 1 is 0.532 bits per heavy atom. The largest absolute Gasteiger partial charge is 0.308 e. The summed E-state index contributed by atoms with van der Waals surface area (Å²) < 4.78 is 2.21. The Bertz CT molecular complexity index is 2480. The van der Waals surface area contributed by atoms with Crippen molar-refractivity contribution in [2.24, 2.45) is 0 Å². The van der Waals surface area contributed by atoms with Gasteiger partial charge in [0.2, 0.25) is 0 Å². The highest BCUT2D eigenvalue weighted by Gasteiger charge is 2.20. The summed E-state index contributed by atoms with van der Waals surface area (Å²) in [5.41, 5.74) is 8.28. The van der Waals surface area contributed by atoms with E-state index in [1.165, 1.54) is 0 Å². The van der Waals surface area contributed by atoms with E-state index in [4.69, 9.17) is 21.5 Å². The summed E-state index contributed by atoms with van der Waals surface area (Å²) in [6, 6.07) is 50.0. The average molecular weight is 601 g/mol. The first-order valence-corrected chi connectivity index (χ1v) is 15.1. The van der Waals surface area contributed by atoms with Crippen LogP contribution in [0.4, 0.5) is 5.69 Å². The van der Waals surface area contributed by atoms with E-state index in [-0.39, 0.29) is 0 Å². The normalized spacial score (nSPS) is 10.9. The molecule has 0 unspecified atom stereocenters. The number of hydrogen-bond donors (Lipinski definition) is 0. The van der Waals surface area contributed by atoms with Crippen LogP contribution in [-0.2, 0) is 0 Å². The second-order valence-corrected chi connectivity index (χ2v) is 11.1. The second-order valence-electron chi connectivity index (χ2n) is 11.1. The predicted molar refractivity (Wildman–Crippen MR) is 187 cm³/mol. The van der Waals surface area contributed by atoms with Gasteiger partial charge in [0.05, 0.1) is 34.9 Å². The minimum absolute atomic E-state index is 0.471. The molecule has 0 bridgehead atoms. The summed E-state index contributed by atoms with van der Waals surface area (Å²) in [5, 5.41) is 12.1. The van der Waals surface area contributed by atoms with Gasteiger partial charge in [-0.2, -0.15) is 5.26 Å². The van der Waals surface area contributed by atoms with Gasteiger partial charge in [0.25, 0.3) is 0 Å². The molecule has 0 N–H and O–H groups in total. The molecule has 0 aliphatic carbocycles. The lowest BCUT2D eigenvalue weighted by Crippen LogP contribution is -2.04. The smallest absolute Gasteiger partial charge is 0.194 e. The van der Waals surface area contributed by atoms with Crippen molar-refractivity contribution in [1.29, 1.82) is 5.26 Å². The zero-order valence-corrected chi connectivity index (χ0v) is 25.0. The van der Waals surface area contributed by atoms with Crippen molar-refractivity contribution in [2.45, 2.75) is 0 Å². The lowest BCUT2D eigenvalue weighted by atomic mass is 10.0. The predicted octanol–water partition coefficient (Wildman–Crippen LogP) is 10.1. The van der Waals surface area contributed by atoms with Crippen LogP contribution in [0.1, 0.15) is 5.56 Å². The zero-order valence-electron chi connectivity index (χ0n) is 25.0. The van der Waals surface area contributed by atoms with E-state index in [9.17, 15) is 5.26 Å². The number of aromatic nitrogens is 4. The number of hydrogen-bond acceptors (Lipinski definition) is 4. The van der Waals surface area contributed by atoms with Gasteiger partial charge in [-0.05, 0) is 47.5 Å². The van der Waals surface area contributed by atoms with Crippen LogP contribution >= 0.6 is 0 Å². The van der Waals surface area contributed by atoms with Gasteiger partial charge in [-0.25, -0.2) is 19.8 Å². The molecule has 0 aliphatic rings. The fraction of sp³-hybridized carbons (Fsp3) is 0. The molecule has 0 saturated heterocycles. The average Bonchev–Trinajstić information content (AvgIpc) is 3.48. The molecule has 0 saturated carbocycles. The monoisotopic (exact) mass is 600 g/mol. The van der Waals surface area contributed by atoms with Crippen molar-refractivity contribution < 1.29 is 0 Å². The van der Waals surface area contributed by atoms with Gasteiger partial charge in [-0.3, -0.25) is 0 Å². The van der Waals surface area contributed by atoms with Gasteiger partial charge in [-0.1, -0.05) is 109 Å². The summed E-state index contributed by atoms with van der Waals surface area (Å²) in [4.78, 5) is 18.6. The SMILES string of the molecule is [C-]#[N+]c1ccccc1-c1ccc2c(c1)c1ccccc1n2-c1ccc(C#N)cc1-c1nc(-c2ccccc2)nc(-c2ccccc2)n1. The van der Waals surface area contributed by atoms with E-state index in [0.717, 1.165) is 49.7 Å². The van der Waals surface area contributed by atoms with Gasteiger partial charge >= 0.3 is 0 Å². The topological polar surface area (TPSA) is 71.8 Å². The van der Waals surface area contributed by atoms with Crippen LogP contribution in [0.15, 0.2) is 146 Å². The fourth-order valence-electron chi connectivity index (χ4n) is 6.12. The van der Waals surface area contributed by atoms with Gasteiger partial charge in [0, 0.05) is 27.5 Å². The Kier molecular flexibility index (Phi) is 6.80. The number of rotatable bonds is 5. The van der Waals surface area contributed by atoms with Crippen molar-refractivity contribution in [3.63, 3.8) is 0 Å². The molecule has 8 aromatic rings. The van der Waals surface area contributed by atoms with Gasteiger partial charge in [0.15, 0.2) is 23.2 Å². The molecule has 218 valence electrons. The van der Waals surface area contributed by atoms with Crippen molar-refractivity contribution in [2.75, 3.05) is 0 Å². The number of nitriles is 1. The maximum Gasteiger partial charge on any atom is 0.194 e. The zero-order chi connectivity index (χ0) is 31.7. The van der Waals surface area contributed by atoms with Crippen LogP contribution in [0.25, 0.3) is 77.6 Å². The van der Waals surface area contributed by atoms with Crippen LogP contribution in [0, 0.1) is 17.9 Å². The Labute approximate surface area is 271 Å². The van der Waals surface area contributed by atoms with E-state index < -0.39 is 0 Å². The first-order valence-electron chi connectivity index (χ1n) is 15.1. The van der Waals surface area contributed by atoms with Crippen LogP contribution in [0.2, 0.25) is 0 Å². The number of fused-ring (bicyclic) bond motifs is 3. The molecule has 0 fully saturated rings. The van der Waals surface area contributed by atoms with Crippen molar-refractivity contribution >= 4 is 27.5 Å². The van der Waals surface area contributed by atoms with E-state index >= 15 is 0 Å². The fourth-order valence-corrected chi connectivity index (χ4v) is 6.12. The number of nitrogens with zero attached hydrogens (tertiary/aromatic N) is 6. The van der Waals surface area contributed by atoms with Gasteiger partial charge in [-0.15, -0.1) is 0 Å². The Morgan fingerprint density at radius 2 is 1.15 bits per heavy atom. The molecule has 6 nitrogen and oxygen atoms in total. The molecule has 0 radical (unpaired) electrons. The highest BCUT2D eigenvalue weighted by Crippen LogP contribution is 2.39. The minimum Gasteiger partial charge on any atom is -0.308 e. The lowest BCUT2D eigenvalue weighted by molar-refractivity contribution is 1.06. The maximum atomic E-state index is 9.99. The molecule has 6 aromatic carbocycles. The third-order valence-electron chi connectivity index (χ3n) is 8.31. The summed E-state index contributed by atoms with van der Waals surface area (Å²) in [7, 11) is 0. The Hall–Kier alpha value is -6.89. The molecule has 2 heterocycles. The highest BCUT2D eigenvalue weighted by molar-refractivity contribution is 6.11. The molecule has 0 amide bonds. The summed E-state index contributed by atoms with van der Waals surface area (Å²) >= 11 is 0. The molecular formula is C41H24N6. The third kappa shape index (κ3) is 4.88. The van der Waals surface area contributed by atoms with Crippen LogP contribution in [-0.4, -0.2) is 19.5 Å². The van der Waals surface area contributed by atoms with Crippen molar-refractivity contribution in [3.05, 3.63) is 163 Å². The van der Waals surface area contributed by atoms with Crippen LogP contribution in [0.3, 0.4) is 0 Å². The molecule has 0 atom stereocenters. The third-order valence-corrected chi connectivity index (χ3v) is 8.31. The molecule has 8 rings (SSSR count). The van der Waals surface area contributed by atoms with E-state index in [0.29, 0.717) is 34.3 Å². The summed E-state index contributed by atoms with van der Waals surface area (Å²) in [6.07, 6.45) is 0. The van der Waals surface area contributed by atoms with Crippen LogP contribution in [0.5, 0.6) is 0 Å². The van der Waals surface area contributed by atoms with Gasteiger partial charge < -0.3 is 4.57 Å². The van der Waals surface area contributed by atoms with Crippen molar-refractivity contribution in [1.82, 2.24) is 19.5 Å². The number of para-hydroxylation sites is 2. The molecule has 2 aromatic heterocycles. The number of benzene rings is 6. The molecule has 47 heavy (non-hydrogen) atoms. The molecule has 0 spiro atoms. The lowest BCUT2D eigenvalue weighted by Gasteiger charge is -2.15. The molecule has 6 heteroatoms.